The van der Waals surface area contributed by atoms with Gasteiger partial charge in [0.2, 0.25) is 0 Å². The first-order valence-corrected chi connectivity index (χ1v) is 6.04. The van der Waals surface area contributed by atoms with E-state index < -0.39 is 0 Å². The quantitative estimate of drug-likeness (QED) is 0.347. The van der Waals surface area contributed by atoms with E-state index in [4.69, 9.17) is 4.74 Å². The van der Waals surface area contributed by atoms with Crippen LogP contribution in [0.15, 0.2) is 11.6 Å². The highest BCUT2D eigenvalue weighted by Gasteiger charge is 1.98. The van der Waals surface area contributed by atoms with Crippen LogP contribution in [0.3, 0.4) is 0 Å². The number of rotatable bonds is 8. The average molecular weight is 212 g/mol. The largest absolute Gasteiger partial charge is 0.463 e. The lowest BCUT2D eigenvalue weighted by molar-refractivity contribution is -0.137. The van der Waals surface area contributed by atoms with Crippen molar-refractivity contribution in [1.29, 1.82) is 0 Å². The van der Waals surface area contributed by atoms with Crippen LogP contribution in [0.1, 0.15) is 59.3 Å². The summed E-state index contributed by atoms with van der Waals surface area (Å²) in [5.74, 6) is -0.205. The molecule has 0 rings (SSSR count). The first-order chi connectivity index (χ1) is 7.20. The zero-order valence-corrected chi connectivity index (χ0v) is 10.3. The molecule has 2 nitrogen and oxygen atoms in total. The topological polar surface area (TPSA) is 26.3 Å². The molecule has 0 aromatic carbocycles. The molecule has 0 spiro atoms. The number of carbonyl (C=O) groups excluding carboxylic acids is 1. The first kappa shape index (κ1) is 14.2. The van der Waals surface area contributed by atoms with Gasteiger partial charge in [0.25, 0.3) is 0 Å². The fourth-order valence-corrected chi connectivity index (χ4v) is 1.46. The van der Waals surface area contributed by atoms with E-state index in [1.54, 1.807) is 6.08 Å². The molecule has 0 aliphatic heterocycles. The van der Waals surface area contributed by atoms with Crippen LogP contribution < -0.4 is 0 Å². The van der Waals surface area contributed by atoms with Crippen molar-refractivity contribution in [2.24, 2.45) is 0 Å². The van der Waals surface area contributed by atoms with Crippen LogP contribution in [0.25, 0.3) is 0 Å². The van der Waals surface area contributed by atoms with Gasteiger partial charge in [-0.1, -0.05) is 38.2 Å². The maximum absolute atomic E-state index is 11.1. The van der Waals surface area contributed by atoms with E-state index in [1.165, 1.54) is 32.1 Å². The second kappa shape index (κ2) is 9.75. The van der Waals surface area contributed by atoms with E-state index in [2.05, 4.69) is 6.92 Å². The fraction of sp³-hybridized carbons (Fsp3) is 0.769. The zero-order chi connectivity index (χ0) is 11.5. The number of hydrogen-bond acceptors (Lipinski definition) is 2. The van der Waals surface area contributed by atoms with Crippen LogP contribution in [-0.2, 0) is 9.53 Å². The molecule has 0 aliphatic rings. The molecule has 0 aromatic heterocycles. The van der Waals surface area contributed by atoms with Crippen LogP contribution in [0.5, 0.6) is 0 Å². The minimum Gasteiger partial charge on any atom is -0.463 e. The lowest BCUT2D eigenvalue weighted by Gasteiger charge is -2.01. The molecule has 0 radical (unpaired) electrons. The van der Waals surface area contributed by atoms with Crippen molar-refractivity contribution < 1.29 is 9.53 Å². The Morgan fingerprint density at radius 2 is 1.80 bits per heavy atom. The van der Waals surface area contributed by atoms with Crippen molar-refractivity contribution in [3.63, 3.8) is 0 Å². The van der Waals surface area contributed by atoms with E-state index in [0.29, 0.717) is 6.61 Å². The number of allylic oxidation sites excluding steroid dienone is 1. The van der Waals surface area contributed by atoms with Crippen molar-refractivity contribution in [1.82, 2.24) is 0 Å². The first-order valence-electron chi connectivity index (χ1n) is 6.04. The van der Waals surface area contributed by atoms with Gasteiger partial charge in [-0.2, -0.15) is 0 Å². The van der Waals surface area contributed by atoms with Crippen molar-refractivity contribution >= 4 is 5.97 Å². The molecular formula is C13H24O2. The minimum absolute atomic E-state index is 0.205. The molecule has 0 aliphatic carbocycles. The highest BCUT2D eigenvalue weighted by Crippen LogP contribution is 2.10. The van der Waals surface area contributed by atoms with Gasteiger partial charge in [0.05, 0.1) is 6.61 Å². The molecule has 2 heteroatoms. The fourth-order valence-electron chi connectivity index (χ4n) is 1.46. The summed E-state index contributed by atoms with van der Waals surface area (Å²) < 4.78 is 4.84. The van der Waals surface area contributed by atoms with Crippen molar-refractivity contribution in [3.8, 4) is 0 Å². The summed E-state index contributed by atoms with van der Waals surface area (Å²) in [6.07, 6.45) is 8.98. The monoisotopic (exact) mass is 212 g/mol. The molecule has 88 valence electrons. The molecular weight excluding hydrogens is 188 g/mol. The summed E-state index contributed by atoms with van der Waals surface area (Å²) in [7, 11) is 0. The Morgan fingerprint density at radius 3 is 2.40 bits per heavy atom. The van der Waals surface area contributed by atoms with Crippen LogP contribution in [-0.4, -0.2) is 12.6 Å². The number of esters is 1. The summed E-state index contributed by atoms with van der Waals surface area (Å²) in [4.78, 5) is 11.1. The molecule has 0 fully saturated rings. The van der Waals surface area contributed by atoms with Gasteiger partial charge in [-0.15, -0.1) is 0 Å². The predicted octanol–water partition coefficient (Wildman–Crippen LogP) is 3.86. The lowest BCUT2D eigenvalue weighted by Crippen LogP contribution is -2.00. The SMILES string of the molecule is CCCCCCC/C(C)=C\C(=O)OCC. The lowest BCUT2D eigenvalue weighted by atomic mass is 10.1. The van der Waals surface area contributed by atoms with Crippen LogP contribution in [0, 0.1) is 0 Å². The molecule has 0 aromatic rings. The summed E-state index contributed by atoms with van der Waals surface area (Å²) >= 11 is 0. The van der Waals surface area contributed by atoms with Gasteiger partial charge in [-0.05, 0) is 26.7 Å². The molecule has 0 unspecified atom stereocenters. The van der Waals surface area contributed by atoms with Crippen LogP contribution >= 0.6 is 0 Å². The highest BCUT2D eigenvalue weighted by molar-refractivity contribution is 5.82. The van der Waals surface area contributed by atoms with E-state index >= 15 is 0 Å². The van der Waals surface area contributed by atoms with Gasteiger partial charge in [0.1, 0.15) is 0 Å². The Hall–Kier alpha value is -0.790. The molecule has 0 bridgehead atoms. The second-order valence-electron chi connectivity index (χ2n) is 3.91. The smallest absolute Gasteiger partial charge is 0.330 e. The minimum atomic E-state index is -0.205. The Morgan fingerprint density at radius 1 is 1.13 bits per heavy atom. The normalized spacial score (nSPS) is 11.5. The third-order valence-electron chi connectivity index (χ3n) is 2.33. The zero-order valence-electron chi connectivity index (χ0n) is 10.3. The van der Waals surface area contributed by atoms with Gasteiger partial charge < -0.3 is 4.74 Å². The number of ether oxygens (including phenoxy) is 1. The molecule has 0 saturated carbocycles. The Balaban J connectivity index is 3.54. The number of unbranched alkanes of at least 4 members (excludes halogenated alkanes) is 4. The number of carbonyl (C=O) groups is 1. The Bertz CT molecular complexity index is 195. The van der Waals surface area contributed by atoms with E-state index in [0.717, 1.165) is 12.0 Å². The molecule has 0 N–H and O–H groups in total. The summed E-state index contributed by atoms with van der Waals surface area (Å²) in [6.45, 7) is 6.49. The van der Waals surface area contributed by atoms with E-state index in [1.807, 2.05) is 13.8 Å². The van der Waals surface area contributed by atoms with Gasteiger partial charge in [0, 0.05) is 6.08 Å². The molecule has 0 heterocycles. The standard InChI is InChI=1S/C13H24O2/c1-4-6-7-8-9-10-12(3)11-13(14)15-5-2/h11H,4-10H2,1-3H3/b12-11-. The van der Waals surface area contributed by atoms with Crippen molar-refractivity contribution in [2.45, 2.75) is 59.3 Å². The third kappa shape index (κ3) is 9.51. The Labute approximate surface area is 93.7 Å². The van der Waals surface area contributed by atoms with Gasteiger partial charge >= 0.3 is 5.97 Å². The maximum atomic E-state index is 11.1. The van der Waals surface area contributed by atoms with Crippen molar-refractivity contribution in [3.05, 3.63) is 11.6 Å². The van der Waals surface area contributed by atoms with E-state index in [9.17, 15) is 4.79 Å². The average Bonchev–Trinajstić information content (AvgIpc) is 2.17. The second-order valence-corrected chi connectivity index (χ2v) is 3.91. The highest BCUT2D eigenvalue weighted by atomic mass is 16.5. The van der Waals surface area contributed by atoms with Gasteiger partial charge in [-0.3, -0.25) is 0 Å². The van der Waals surface area contributed by atoms with Gasteiger partial charge in [-0.25, -0.2) is 4.79 Å². The number of hydrogen-bond donors (Lipinski definition) is 0. The molecule has 0 saturated heterocycles. The Kier molecular flexibility index (Phi) is 9.24. The summed E-state index contributed by atoms with van der Waals surface area (Å²) in [6, 6.07) is 0. The van der Waals surface area contributed by atoms with Crippen molar-refractivity contribution in [2.75, 3.05) is 6.61 Å². The predicted molar refractivity (Wildman–Crippen MR) is 63.8 cm³/mol. The molecule has 15 heavy (non-hydrogen) atoms. The third-order valence-corrected chi connectivity index (χ3v) is 2.33. The summed E-state index contributed by atoms with van der Waals surface area (Å²) in [5, 5.41) is 0. The molecule has 0 amide bonds. The maximum Gasteiger partial charge on any atom is 0.330 e. The van der Waals surface area contributed by atoms with Crippen LogP contribution in [0.2, 0.25) is 0 Å². The van der Waals surface area contributed by atoms with Gasteiger partial charge in [0.15, 0.2) is 0 Å². The molecule has 0 atom stereocenters. The summed E-state index contributed by atoms with van der Waals surface area (Å²) in [5.41, 5.74) is 1.13. The van der Waals surface area contributed by atoms with E-state index in [-0.39, 0.29) is 5.97 Å². The van der Waals surface area contributed by atoms with Crippen LogP contribution in [0.4, 0.5) is 0 Å².